The summed E-state index contributed by atoms with van der Waals surface area (Å²) in [6.07, 6.45) is 4.61. The summed E-state index contributed by atoms with van der Waals surface area (Å²) in [6, 6.07) is 9.07. The lowest BCUT2D eigenvalue weighted by atomic mass is 10.0. The molecule has 4 aromatic rings. The molecule has 3 aromatic heterocycles. The number of rotatable bonds is 6. The van der Waals surface area contributed by atoms with Crippen LogP contribution >= 0.6 is 0 Å². The Balaban J connectivity index is 1.56. The fourth-order valence-corrected chi connectivity index (χ4v) is 4.15. The van der Waals surface area contributed by atoms with E-state index >= 15 is 0 Å². The Morgan fingerprint density at radius 3 is 2.76 bits per heavy atom. The van der Waals surface area contributed by atoms with Gasteiger partial charge in [0.15, 0.2) is 17.5 Å². The third kappa shape index (κ3) is 4.12. The predicted molar refractivity (Wildman–Crippen MR) is 118 cm³/mol. The van der Waals surface area contributed by atoms with Crippen LogP contribution in [0.15, 0.2) is 53.4 Å². The van der Waals surface area contributed by atoms with Crippen LogP contribution in [0.4, 0.5) is 14.6 Å². The molecular formula is C23H21F2N7O2. The van der Waals surface area contributed by atoms with Crippen molar-refractivity contribution in [3.8, 4) is 22.9 Å². The number of carbonyl (C=O) groups excluding carboxylic acids is 1. The van der Waals surface area contributed by atoms with Crippen LogP contribution in [0.25, 0.3) is 22.9 Å². The summed E-state index contributed by atoms with van der Waals surface area (Å²) in [6.45, 7) is 0.575. The van der Waals surface area contributed by atoms with Gasteiger partial charge >= 0.3 is 0 Å². The van der Waals surface area contributed by atoms with Gasteiger partial charge in [-0.05, 0) is 31.4 Å². The zero-order chi connectivity index (χ0) is 23.7. The minimum Gasteiger partial charge on any atom is -0.368 e. The van der Waals surface area contributed by atoms with Crippen molar-refractivity contribution in [1.29, 1.82) is 0 Å². The van der Waals surface area contributed by atoms with Crippen LogP contribution in [0.5, 0.6) is 0 Å². The van der Waals surface area contributed by atoms with E-state index in [1.165, 1.54) is 12.3 Å². The maximum Gasteiger partial charge on any atom is 0.240 e. The zero-order valence-corrected chi connectivity index (χ0v) is 18.1. The van der Waals surface area contributed by atoms with E-state index in [1.54, 1.807) is 39.9 Å². The van der Waals surface area contributed by atoms with Crippen LogP contribution in [-0.2, 0) is 11.3 Å². The van der Waals surface area contributed by atoms with Gasteiger partial charge in [0.05, 0.1) is 18.4 Å². The van der Waals surface area contributed by atoms with Crippen LogP contribution in [0.3, 0.4) is 0 Å². The second-order valence-corrected chi connectivity index (χ2v) is 8.02. The highest BCUT2D eigenvalue weighted by atomic mass is 19.1. The summed E-state index contributed by atoms with van der Waals surface area (Å²) in [7, 11) is 0. The molecule has 1 aliphatic rings. The number of carbonyl (C=O) groups is 1. The van der Waals surface area contributed by atoms with Gasteiger partial charge in [0.1, 0.15) is 29.5 Å². The molecule has 0 spiro atoms. The summed E-state index contributed by atoms with van der Waals surface area (Å²) in [4.78, 5) is 22.0. The molecular weight excluding hydrogens is 444 g/mol. The molecule has 0 radical (unpaired) electrons. The molecule has 1 fully saturated rings. The molecule has 0 saturated carbocycles. The highest BCUT2D eigenvalue weighted by Crippen LogP contribution is 2.29. The zero-order valence-electron chi connectivity index (χ0n) is 18.1. The van der Waals surface area contributed by atoms with Gasteiger partial charge in [-0.25, -0.2) is 18.7 Å². The Bertz CT molecular complexity index is 1320. The molecule has 34 heavy (non-hydrogen) atoms. The normalized spacial score (nSPS) is 16.1. The number of anilines is 1. The van der Waals surface area contributed by atoms with E-state index in [-0.39, 0.29) is 24.0 Å². The van der Waals surface area contributed by atoms with E-state index in [0.717, 1.165) is 19.0 Å². The predicted octanol–water partition coefficient (Wildman–Crippen LogP) is 3.17. The number of primary amides is 1. The molecule has 0 aliphatic carbocycles. The number of hydrogen-bond acceptors (Lipinski definition) is 7. The average molecular weight is 465 g/mol. The minimum absolute atomic E-state index is 0.000130. The Kier molecular flexibility index (Phi) is 5.74. The first-order valence-corrected chi connectivity index (χ1v) is 10.8. The first-order valence-electron chi connectivity index (χ1n) is 10.8. The largest absolute Gasteiger partial charge is 0.368 e. The molecule has 1 aromatic carbocycles. The second kappa shape index (κ2) is 9.00. The molecule has 1 unspecified atom stereocenters. The quantitative estimate of drug-likeness (QED) is 0.465. The molecule has 1 aliphatic heterocycles. The highest BCUT2D eigenvalue weighted by molar-refractivity contribution is 5.83. The number of aromatic nitrogens is 5. The molecule has 1 saturated heterocycles. The monoisotopic (exact) mass is 465 g/mol. The molecule has 2 N–H and O–H groups in total. The van der Waals surface area contributed by atoms with Crippen molar-refractivity contribution in [2.24, 2.45) is 5.73 Å². The Morgan fingerprint density at radius 2 is 2.00 bits per heavy atom. The van der Waals surface area contributed by atoms with Gasteiger partial charge in [-0.2, -0.15) is 5.10 Å². The molecule has 9 nitrogen and oxygen atoms in total. The third-order valence-corrected chi connectivity index (χ3v) is 5.82. The standard InChI is InChI=1S/C23H21F2N7O2/c24-15-6-2-1-5-14(15)13-32-20(17-8-10-34-30-17)11-18(29-32)22-27-12-16(25)23(28-22)31-9-4-3-7-19(31)21(26)33/h1-2,5-6,8,10-12,19H,3-4,7,9,13H2,(H2,26,33). The van der Waals surface area contributed by atoms with Crippen molar-refractivity contribution < 1.29 is 18.1 Å². The van der Waals surface area contributed by atoms with E-state index in [2.05, 4.69) is 20.2 Å². The van der Waals surface area contributed by atoms with Crippen molar-refractivity contribution in [2.45, 2.75) is 31.8 Å². The maximum absolute atomic E-state index is 14.7. The number of piperidine rings is 1. The van der Waals surface area contributed by atoms with Crippen molar-refractivity contribution in [3.05, 3.63) is 66.1 Å². The third-order valence-electron chi connectivity index (χ3n) is 5.82. The molecule has 4 heterocycles. The maximum atomic E-state index is 14.7. The van der Waals surface area contributed by atoms with Crippen molar-refractivity contribution in [2.75, 3.05) is 11.4 Å². The molecule has 1 amide bonds. The van der Waals surface area contributed by atoms with E-state index in [4.69, 9.17) is 10.3 Å². The Morgan fingerprint density at radius 1 is 1.15 bits per heavy atom. The first kappa shape index (κ1) is 21.7. The molecule has 11 heteroatoms. The van der Waals surface area contributed by atoms with Crippen LogP contribution in [0, 0.1) is 11.6 Å². The Labute approximate surface area is 193 Å². The summed E-state index contributed by atoms with van der Waals surface area (Å²) in [5.74, 6) is -1.39. The topological polar surface area (TPSA) is 116 Å². The minimum atomic E-state index is -0.653. The lowest BCUT2D eigenvalue weighted by Gasteiger charge is -2.34. The van der Waals surface area contributed by atoms with Gasteiger partial charge < -0.3 is 15.2 Å². The Hall–Kier alpha value is -4.15. The van der Waals surface area contributed by atoms with E-state index in [1.807, 2.05) is 0 Å². The van der Waals surface area contributed by atoms with Crippen LogP contribution in [0.1, 0.15) is 24.8 Å². The number of nitrogens with two attached hydrogens (primary N) is 1. The SMILES string of the molecule is NC(=O)C1CCCCN1c1nc(-c2cc(-c3ccon3)n(Cc3ccccc3F)n2)ncc1F. The van der Waals surface area contributed by atoms with Gasteiger partial charge in [-0.3, -0.25) is 9.48 Å². The number of nitrogens with zero attached hydrogens (tertiary/aromatic N) is 6. The van der Waals surface area contributed by atoms with Crippen molar-refractivity contribution in [1.82, 2.24) is 24.9 Å². The smallest absolute Gasteiger partial charge is 0.240 e. The van der Waals surface area contributed by atoms with Gasteiger partial charge in [-0.1, -0.05) is 23.4 Å². The molecule has 1 atom stereocenters. The summed E-state index contributed by atoms with van der Waals surface area (Å²) in [5.41, 5.74) is 7.35. The van der Waals surface area contributed by atoms with Crippen molar-refractivity contribution >= 4 is 11.7 Å². The first-order chi connectivity index (χ1) is 16.5. The number of amides is 1. The van der Waals surface area contributed by atoms with Crippen LogP contribution in [0.2, 0.25) is 0 Å². The molecule has 174 valence electrons. The lowest BCUT2D eigenvalue weighted by molar-refractivity contribution is -0.119. The van der Waals surface area contributed by atoms with Crippen LogP contribution in [-0.4, -0.2) is 43.4 Å². The summed E-state index contributed by atoms with van der Waals surface area (Å²) >= 11 is 0. The number of halogens is 2. The average Bonchev–Trinajstić information content (AvgIpc) is 3.51. The van der Waals surface area contributed by atoms with E-state index < -0.39 is 17.8 Å². The van der Waals surface area contributed by atoms with E-state index in [9.17, 15) is 13.6 Å². The molecule has 0 bridgehead atoms. The van der Waals surface area contributed by atoms with Gasteiger partial charge in [0.25, 0.3) is 0 Å². The lowest BCUT2D eigenvalue weighted by Crippen LogP contribution is -2.48. The highest BCUT2D eigenvalue weighted by Gasteiger charge is 2.30. The fraction of sp³-hybridized carbons (Fsp3) is 0.261. The van der Waals surface area contributed by atoms with E-state index in [0.29, 0.717) is 35.6 Å². The van der Waals surface area contributed by atoms with Gasteiger partial charge in [0.2, 0.25) is 5.91 Å². The summed E-state index contributed by atoms with van der Waals surface area (Å²) in [5, 5.41) is 8.52. The second-order valence-electron chi connectivity index (χ2n) is 8.02. The summed E-state index contributed by atoms with van der Waals surface area (Å²) < 4.78 is 35.6. The van der Waals surface area contributed by atoms with Gasteiger partial charge in [0, 0.05) is 18.2 Å². The van der Waals surface area contributed by atoms with Gasteiger partial charge in [-0.15, -0.1) is 0 Å². The molecule has 5 rings (SSSR count). The van der Waals surface area contributed by atoms with Crippen molar-refractivity contribution in [3.63, 3.8) is 0 Å². The fourth-order valence-electron chi connectivity index (χ4n) is 4.15. The number of hydrogen-bond donors (Lipinski definition) is 1. The van der Waals surface area contributed by atoms with Crippen LogP contribution < -0.4 is 10.6 Å². The number of benzene rings is 1.